The molecule has 0 spiro atoms. The van der Waals surface area contributed by atoms with E-state index >= 15 is 0 Å². The predicted molar refractivity (Wildman–Crippen MR) is 98.4 cm³/mol. The number of thiazole rings is 1. The predicted octanol–water partition coefficient (Wildman–Crippen LogP) is 3.20. The van der Waals surface area contributed by atoms with Crippen LogP contribution in [0.3, 0.4) is 0 Å². The fourth-order valence-electron chi connectivity index (χ4n) is 2.40. The Hall–Kier alpha value is -4.00. The minimum absolute atomic E-state index is 0.00449. The number of carbonyl (C=O) groups excluding carboxylic acids is 1. The minimum atomic E-state index is -0.799. The number of benzene rings is 2. The van der Waals surface area contributed by atoms with Crippen LogP contribution in [0.4, 0.5) is 22.2 Å². The summed E-state index contributed by atoms with van der Waals surface area (Å²) in [6.45, 7) is 0. The highest BCUT2D eigenvalue weighted by atomic mass is 32.1. The summed E-state index contributed by atoms with van der Waals surface area (Å²) in [6.07, 6.45) is -0.398. The number of amides is 1. The van der Waals surface area contributed by atoms with E-state index in [0.717, 1.165) is 29.5 Å². The summed E-state index contributed by atoms with van der Waals surface area (Å²) in [7, 11) is 0. The molecule has 0 aliphatic carbocycles. The van der Waals surface area contributed by atoms with E-state index in [0.29, 0.717) is 10.2 Å². The Labute approximate surface area is 158 Å². The Balaban J connectivity index is 1.80. The van der Waals surface area contributed by atoms with Crippen LogP contribution in [0, 0.1) is 30.3 Å². The van der Waals surface area contributed by atoms with E-state index in [-0.39, 0.29) is 16.4 Å². The van der Waals surface area contributed by atoms with Crippen molar-refractivity contribution >= 4 is 49.7 Å². The number of anilines is 1. The molecule has 1 amide bonds. The van der Waals surface area contributed by atoms with Gasteiger partial charge in [-0.05, 0) is 12.1 Å². The van der Waals surface area contributed by atoms with Crippen LogP contribution in [0.1, 0.15) is 5.56 Å². The molecule has 0 atom stereocenters. The Morgan fingerprint density at radius 2 is 1.61 bits per heavy atom. The van der Waals surface area contributed by atoms with Crippen molar-refractivity contribution < 1.29 is 19.6 Å². The molecule has 0 radical (unpaired) electrons. The number of non-ortho nitro benzene ring substituents is 2. The SMILES string of the molecule is O=C(Cc1ccc([N+](=O)[O-])cc1[N+](=O)[O-])Nc1nc2ccc([N+](=O)[O-])cc2s1. The molecular formula is C15H9N5O7S. The first-order chi connectivity index (χ1) is 13.2. The molecule has 0 aliphatic heterocycles. The Bertz CT molecular complexity index is 1140. The van der Waals surface area contributed by atoms with E-state index in [4.69, 9.17) is 0 Å². The van der Waals surface area contributed by atoms with E-state index in [1.165, 1.54) is 18.2 Å². The molecule has 12 nitrogen and oxygen atoms in total. The number of nitro groups is 3. The van der Waals surface area contributed by atoms with Gasteiger partial charge in [-0.1, -0.05) is 11.3 Å². The second-order valence-electron chi connectivity index (χ2n) is 5.48. The van der Waals surface area contributed by atoms with Gasteiger partial charge in [0.05, 0.1) is 37.5 Å². The van der Waals surface area contributed by atoms with Crippen molar-refractivity contribution in [1.82, 2.24) is 4.98 Å². The van der Waals surface area contributed by atoms with Crippen molar-refractivity contribution in [3.8, 4) is 0 Å². The number of carbonyl (C=O) groups is 1. The number of fused-ring (bicyclic) bond motifs is 1. The van der Waals surface area contributed by atoms with Crippen molar-refractivity contribution in [1.29, 1.82) is 0 Å². The molecule has 0 aliphatic rings. The number of nitrogens with zero attached hydrogens (tertiary/aromatic N) is 4. The standard InChI is InChI=1S/C15H9N5O7S/c21-14(5-8-1-2-9(18(22)23)6-12(8)20(26)27)17-15-16-11-4-3-10(19(24)25)7-13(11)28-15/h1-4,6-7H,5H2,(H,16,17,21). The lowest BCUT2D eigenvalue weighted by Gasteiger charge is -2.03. The van der Waals surface area contributed by atoms with Crippen LogP contribution >= 0.6 is 11.3 Å². The summed E-state index contributed by atoms with van der Waals surface area (Å²) in [4.78, 5) is 46.9. The third-order valence-electron chi connectivity index (χ3n) is 3.66. The van der Waals surface area contributed by atoms with Crippen molar-refractivity contribution in [2.24, 2.45) is 0 Å². The summed E-state index contributed by atoms with van der Waals surface area (Å²) in [5, 5.41) is 35.3. The second-order valence-corrected chi connectivity index (χ2v) is 6.51. The molecule has 2 aromatic carbocycles. The van der Waals surface area contributed by atoms with Crippen LogP contribution in [0.15, 0.2) is 36.4 Å². The van der Waals surface area contributed by atoms with Gasteiger partial charge in [0.2, 0.25) is 5.91 Å². The first kappa shape index (κ1) is 18.8. The van der Waals surface area contributed by atoms with Crippen LogP contribution in [-0.2, 0) is 11.2 Å². The Kier molecular flexibility index (Phi) is 4.91. The number of nitro benzene ring substituents is 3. The zero-order valence-electron chi connectivity index (χ0n) is 13.7. The molecule has 0 fully saturated rings. The zero-order valence-corrected chi connectivity index (χ0v) is 14.5. The van der Waals surface area contributed by atoms with Gasteiger partial charge in [-0.2, -0.15) is 0 Å². The second kappa shape index (κ2) is 7.32. The molecule has 1 N–H and O–H groups in total. The molecule has 28 heavy (non-hydrogen) atoms. The van der Waals surface area contributed by atoms with Crippen LogP contribution in [-0.4, -0.2) is 25.7 Å². The van der Waals surface area contributed by atoms with E-state index in [2.05, 4.69) is 10.3 Å². The number of nitrogens with one attached hydrogen (secondary N) is 1. The van der Waals surface area contributed by atoms with Crippen molar-refractivity contribution in [3.63, 3.8) is 0 Å². The Morgan fingerprint density at radius 1 is 0.964 bits per heavy atom. The maximum Gasteiger partial charge on any atom is 0.279 e. The van der Waals surface area contributed by atoms with Crippen molar-refractivity contribution in [3.05, 3.63) is 72.3 Å². The molecule has 3 aromatic rings. The maximum atomic E-state index is 12.2. The summed E-state index contributed by atoms with van der Waals surface area (Å²) in [6, 6.07) is 7.07. The fraction of sp³-hybridized carbons (Fsp3) is 0.0667. The number of hydrogen-bond donors (Lipinski definition) is 1. The van der Waals surface area contributed by atoms with Gasteiger partial charge >= 0.3 is 0 Å². The smallest absolute Gasteiger partial charge is 0.279 e. The summed E-state index contributed by atoms with van der Waals surface area (Å²) in [5.41, 5.74) is -0.652. The molecule has 0 unspecified atom stereocenters. The fourth-order valence-corrected chi connectivity index (χ4v) is 3.32. The van der Waals surface area contributed by atoms with Gasteiger partial charge in [-0.15, -0.1) is 0 Å². The average Bonchev–Trinajstić information content (AvgIpc) is 3.02. The summed E-state index contributed by atoms with van der Waals surface area (Å²) in [5.74, 6) is -0.620. The third kappa shape index (κ3) is 3.88. The van der Waals surface area contributed by atoms with Gasteiger partial charge in [0.15, 0.2) is 5.13 Å². The molecule has 13 heteroatoms. The quantitative estimate of drug-likeness (QED) is 0.482. The highest BCUT2D eigenvalue weighted by molar-refractivity contribution is 7.22. The third-order valence-corrected chi connectivity index (χ3v) is 4.59. The largest absolute Gasteiger partial charge is 0.302 e. The molecule has 142 valence electrons. The molecule has 3 rings (SSSR count). The minimum Gasteiger partial charge on any atom is -0.302 e. The van der Waals surface area contributed by atoms with Crippen molar-refractivity contribution in [2.75, 3.05) is 5.32 Å². The lowest BCUT2D eigenvalue weighted by Crippen LogP contribution is -2.15. The molecule has 0 bridgehead atoms. The van der Waals surface area contributed by atoms with E-state index in [9.17, 15) is 35.1 Å². The number of hydrogen-bond acceptors (Lipinski definition) is 9. The highest BCUT2D eigenvalue weighted by Gasteiger charge is 2.21. The van der Waals surface area contributed by atoms with Crippen LogP contribution in [0.2, 0.25) is 0 Å². The van der Waals surface area contributed by atoms with Gasteiger partial charge in [-0.25, -0.2) is 4.98 Å². The lowest BCUT2D eigenvalue weighted by atomic mass is 10.1. The molecule has 1 aromatic heterocycles. The van der Waals surface area contributed by atoms with Crippen LogP contribution in [0.5, 0.6) is 0 Å². The molecule has 0 saturated carbocycles. The number of rotatable bonds is 6. The summed E-state index contributed by atoms with van der Waals surface area (Å²) < 4.78 is 0.491. The Morgan fingerprint density at radius 3 is 2.25 bits per heavy atom. The first-order valence-corrected chi connectivity index (χ1v) is 8.33. The van der Waals surface area contributed by atoms with Gasteiger partial charge < -0.3 is 5.32 Å². The van der Waals surface area contributed by atoms with Gasteiger partial charge in [0, 0.05) is 23.8 Å². The van der Waals surface area contributed by atoms with Crippen LogP contribution in [0.25, 0.3) is 10.2 Å². The molecule has 1 heterocycles. The number of aromatic nitrogens is 1. The molecular weight excluding hydrogens is 394 g/mol. The average molecular weight is 403 g/mol. The lowest BCUT2D eigenvalue weighted by molar-refractivity contribution is -0.394. The van der Waals surface area contributed by atoms with Gasteiger partial charge in [-0.3, -0.25) is 35.1 Å². The van der Waals surface area contributed by atoms with Crippen molar-refractivity contribution in [2.45, 2.75) is 6.42 Å². The summed E-state index contributed by atoms with van der Waals surface area (Å²) >= 11 is 1.01. The van der Waals surface area contributed by atoms with E-state index in [1.807, 2.05) is 0 Å². The molecule has 0 saturated heterocycles. The van der Waals surface area contributed by atoms with E-state index in [1.54, 1.807) is 0 Å². The van der Waals surface area contributed by atoms with E-state index < -0.39 is 38.5 Å². The van der Waals surface area contributed by atoms with Crippen LogP contribution < -0.4 is 5.32 Å². The van der Waals surface area contributed by atoms with Gasteiger partial charge in [0.25, 0.3) is 17.1 Å². The topological polar surface area (TPSA) is 171 Å². The van der Waals surface area contributed by atoms with Gasteiger partial charge in [0.1, 0.15) is 0 Å². The highest BCUT2D eigenvalue weighted by Crippen LogP contribution is 2.30. The maximum absolute atomic E-state index is 12.2. The first-order valence-electron chi connectivity index (χ1n) is 7.51. The normalized spacial score (nSPS) is 10.6. The zero-order chi connectivity index (χ0) is 20.4. The monoisotopic (exact) mass is 403 g/mol.